The van der Waals surface area contributed by atoms with E-state index in [1.807, 2.05) is 44.2 Å². The van der Waals surface area contributed by atoms with Gasteiger partial charge in [0.25, 0.3) is 5.91 Å². The van der Waals surface area contributed by atoms with E-state index in [1.54, 1.807) is 48.5 Å². The molecule has 0 saturated heterocycles. The predicted molar refractivity (Wildman–Crippen MR) is 127 cm³/mol. The van der Waals surface area contributed by atoms with E-state index in [2.05, 4.69) is 5.32 Å². The van der Waals surface area contributed by atoms with Crippen LogP contribution >= 0.6 is 0 Å². The average Bonchev–Trinajstić information content (AvgIpc) is 2.78. The van der Waals surface area contributed by atoms with E-state index in [0.717, 1.165) is 16.9 Å². The molecule has 1 atom stereocenters. The van der Waals surface area contributed by atoms with Crippen molar-refractivity contribution in [2.75, 3.05) is 17.2 Å². The first-order valence-electron chi connectivity index (χ1n) is 10.4. The lowest BCUT2D eigenvalue weighted by atomic mass is 10.1. The Bertz CT molecular complexity index is 1130. The number of nitrogens with one attached hydrogen (secondary N) is 1. The zero-order valence-electron chi connectivity index (χ0n) is 18.5. The van der Waals surface area contributed by atoms with E-state index in [4.69, 9.17) is 4.74 Å². The van der Waals surface area contributed by atoms with Crippen molar-refractivity contribution in [3.8, 4) is 5.75 Å². The molecule has 0 bridgehead atoms. The molecule has 0 fully saturated rings. The van der Waals surface area contributed by atoms with E-state index in [0.29, 0.717) is 17.9 Å². The maximum atomic E-state index is 12.7. The van der Waals surface area contributed by atoms with Gasteiger partial charge in [0.1, 0.15) is 5.75 Å². The minimum absolute atomic E-state index is 0.170. The summed E-state index contributed by atoms with van der Waals surface area (Å²) < 4.78 is 31.4. The van der Waals surface area contributed by atoms with Crippen LogP contribution in [0.25, 0.3) is 0 Å². The fraction of sp³-hybridized carbons (Fsp3) is 0.240. The SMILES string of the molecule is CCOc1ccc([C@H](C)NC(=O)c2ccc(CN(c3ccccc3)S(C)(=O)=O)cc2)cc1. The first-order valence-corrected chi connectivity index (χ1v) is 12.3. The van der Waals surface area contributed by atoms with Gasteiger partial charge >= 0.3 is 0 Å². The summed E-state index contributed by atoms with van der Waals surface area (Å²) in [6, 6.07) is 23.4. The maximum absolute atomic E-state index is 12.7. The number of nitrogens with zero attached hydrogens (tertiary/aromatic N) is 1. The Morgan fingerprint density at radius 3 is 2.16 bits per heavy atom. The molecule has 1 N–H and O–H groups in total. The fourth-order valence-electron chi connectivity index (χ4n) is 3.30. The van der Waals surface area contributed by atoms with Crippen molar-refractivity contribution in [1.82, 2.24) is 5.32 Å². The Morgan fingerprint density at radius 1 is 0.969 bits per heavy atom. The molecule has 3 aromatic rings. The van der Waals surface area contributed by atoms with E-state index in [-0.39, 0.29) is 18.5 Å². The highest BCUT2D eigenvalue weighted by atomic mass is 32.2. The first kappa shape index (κ1) is 23.3. The number of carbonyl (C=O) groups is 1. The topological polar surface area (TPSA) is 75.7 Å². The number of para-hydroxylation sites is 1. The average molecular weight is 453 g/mol. The van der Waals surface area contributed by atoms with Crippen molar-refractivity contribution in [3.05, 3.63) is 95.6 Å². The summed E-state index contributed by atoms with van der Waals surface area (Å²) in [6.07, 6.45) is 1.18. The lowest BCUT2D eigenvalue weighted by molar-refractivity contribution is 0.0940. The number of hydrogen-bond donors (Lipinski definition) is 1. The number of carbonyl (C=O) groups excluding carboxylic acids is 1. The predicted octanol–water partition coefficient (Wildman–Crippen LogP) is 4.54. The molecule has 6 nitrogen and oxygen atoms in total. The third-order valence-electron chi connectivity index (χ3n) is 5.03. The Balaban J connectivity index is 1.67. The van der Waals surface area contributed by atoms with Gasteiger partial charge in [0.05, 0.1) is 31.1 Å². The minimum Gasteiger partial charge on any atom is -0.494 e. The quantitative estimate of drug-likeness (QED) is 0.517. The Morgan fingerprint density at radius 2 is 1.59 bits per heavy atom. The standard InChI is InChI=1S/C25H28N2O4S/c1-4-31-24-16-14-21(15-17-24)19(2)26-25(28)22-12-10-20(11-13-22)18-27(32(3,29)30)23-8-6-5-7-9-23/h5-17,19H,4,18H2,1-3H3,(H,26,28)/t19-/m0/s1. The van der Waals surface area contributed by atoms with Crippen molar-refractivity contribution in [2.45, 2.75) is 26.4 Å². The number of amides is 1. The Hall–Kier alpha value is -3.32. The summed E-state index contributed by atoms with van der Waals surface area (Å²) in [7, 11) is -3.45. The first-order chi connectivity index (χ1) is 15.3. The number of sulfonamides is 1. The molecule has 0 aliphatic rings. The largest absolute Gasteiger partial charge is 0.494 e. The second kappa shape index (κ2) is 10.3. The Kier molecular flexibility index (Phi) is 7.53. The van der Waals surface area contributed by atoms with Gasteiger partial charge in [0, 0.05) is 5.56 Å². The monoisotopic (exact) mass is 452 g/mol. The van der Waals surface area contributed by atoms with Crippen molar-refractivity contribution in [3.63, 3.8) is 0 Å². The summed E-state index contributed by atoms with van der Waals surface area (Å²) >= 11 is 0. The molecule has 1 amide bonds. The van der Waals surface area contributed by atoms with Gasteiger partial charge in [-0.25, -0.2) is 8.42 Å². The summed E-state index contributed by atoms with van der Waals surface area (Å²) in [5.41, 5.74) is 2.87. The zero-order valence-corrected chi connectivity index (χ0v) is 19.3. The lowest BCUT2D eigenvalue weighted by Gasteiger charge is -2.22. The second-order valence-corrected chi connectivity index (χ2v) is 9.41. The molecule has 0 heterocycles. The number of ether oxygens (including phenoxy) is 1. The number of anilines is 1. The van der Waals surface area contributed by atoms with Gasteiger partial charge in [-0.15, -0.1) is 0 Å². The van der Waals surface area contributed by atoms with Crippen LogP contribution in [0.15, 0.2) is 78.9 Å². The molecule has 0 spiro atoms. The van der Waals surface area contributed by atoms with Crippen molar-refractivity contribution in [2.24, 2.45) is 0 Å². The smallest absolute Gasteiger partial charge is 0.251 e. The van der Waals surface area contributed by atoms with E-state index < -0.39 is 10.0 Å². The molecule has 0 saturated carbocycles. The van der Waals surface area contributed by atoms with Crippen LogP contribution in [0.2, 0.25) is 0 Å². The molecular formula is C25H28N2O4S. The highest BCUT2D eigenvalue weighted by molar-refractivity contribution is 7.92. The van der Waals surface area contributed by atoms with Gasteiger partial charge in [-0.05, 0) is 61.4 Å². The second-order valence-electron chi connectivity index (χ2n) is 7.50. The van der Waals surface area contributed by atoms with Crippen LogP contribution in [0, 0.1) is 0 Å². The fourth-order valence-corrected chi connectivity index (χ4v) is 4.19. The minimum atomic E-state index is -3.45. The molecule has 3 rings (SSSR count). The van der Waals surface area contributed by atoms with Crippen LogP contribution < -0.4 is 14.4 Å². The summed E-state index contributed by atoms with van der Waals surface area (Å²) in [6.45, 7) is 4.65. The zero-order chi connectivity index (χ0) is 23.1. The molecule has 0 aliphatic carbocycles. The van der Waals surface area contributed by atoms with Crippen molar-refractivity contribution >= 4 is 21.6 Å². The van der Waals surface area contributed by atoms with Crippen LogP contribution in [0.4, 0.5) is 5.69 Å². The van der Waals surface area contributed by atoms with Gasteiger partial charge in [-0.2, -0.15) is 0 Å². The third-order valence-corrected chi connectivity index (χ3v) is 6.17. The molecule has 0 aliphatic heterocycles. The molecule has 7 heteroatoms. The molecule has 168 valence electrons. The van der Waals surface area contributed by atoms with Gasteiger partial charge in [0.2, 0.25) is 10.0 Å². The third kappa shape index (κ3) is 6.11. The molecule has 32 heavy (non-hydrogen) atoms. The van der Waals surface area contributed by atoms with E-state index in [1.165, 1.54) is 10.6 Å². The van der Waals surface area contributed by atoms with Crippen LogP contribution in [0.1, 0.15) is 41.4 Å². The normalized spacial score (nSPS) is 12.1. The van der Waals surface area contributed by atoms with Gasteiger partial charge in [0.15, 0.2) is 0 Å². The number of benzene rings is 3. The van der Waals surface area contributed by atoms with Gasteiger partial charge in [-0.3, -0.25) is 9.10 Å². The van der Waals surface area contributed by atoms with E-state index in [9.17, 15) is 13.2 Å². The van der Waals surface area contributed by atoms with Crippen LogP contribution in [-0.2, 0) is 16.6 Å². The summed E-state index contributed by atoms with van der Waals surface area (Å²) in [5, 5.41) is 2.99. The molecule has 0 radical (unpaired) electrons. The molecule has 0 unspecified atom stereocenters. The van der Waals surface area contributed by atoms with Crippen LogP contribution in [-0.4, -0.2) is 27.2 Å². The highest BCUT2D eigenvalue weighted by Crippen LogP contribution is 2.21. The molecular weight excluding hydrogens is 424 g/mol. The van der Waals surface area contributed by atoms with Crippen LogP contribution in [0.5, 0.6) is 5.75 Å². The number of rotatable bonds is 9. The summed E-state index contributed by atoms with van der Waals surface area (Å²) in [4.78, 5) is 12.7. The van der Waals surface area contributed by atoms with Crippen molar-refractivity contribution in [1.29, 1.82) is 0 Å². The van der Waals surface area contributed by atoms with Gasteiger partial charge < -0.3 is 10.1 Å². The molecule has 3 aromatic carbocycles. The van der Waals surface area contributed by atoms with Crippen LogP contribution in [0.3, 0.4) is 0 Å². The molecule has 0 aromatic heterocycles. The summed E-state index contributed by atoms with van der Waals surface area (Å²) in [5.74, 6) is 0.602. The van der Waals surface area contributed by atoms with E-state index >= 15 is 0 Å². The maximum Gasteiger partial charge on any atom is 0.251 e. The van der Waals surface area contributed by atoms with Gasteiger partial charge in [-0.1, -0.05) is 42.5 Å². The number of hydrogen-bond acceptors (Lipinski definition) is 4. The highest BCUT2D eigenvalue weighted by Gasteiger charge is 2.18. The van der Waals surface area contributed by atoms with Crippen molar-refractivity contribution < 1.29 is 17.9 Å². The Labute approximate surface area is 189 Å². The lowest BCUT2D eigenvalue weighted by Crippen LogP contribution is -2.29.